The molecule has 3 aliphatic rings. The number of hydrogen-bond acceptors (Lipinski definition) is 5. The highest BCUT2D eigenvalue weighted by Crippen LogP contribution is 2.34. The number of piperidine rings is 1. The fourth-order valence-electron chi connectivity index (χ4n) is 5.00. The van der Waals surface area contributed by atoms with Crippen LogP contribution in [0.1, 0.15) is 61.4 Å². The molecular formula is C21H28ClFN4O4S. The van der Waals surface area contributed by atoms with E-state index in [0.29, 0.717) is 43.4 Å². The molecule has 2 amide bonds. The number of carbonyl (C=O) groups excluding carboxylic acids is 2. The zero-order valence-corrected chi connectivity index (χ0v) is 19.4. The normalized spacial score (nSPS) is 31.1. The van der Waals surface area contributed by atoms with Crippen LogP contribution in [-0.2, 0) is 21.2 Å². The zero-order chi connectivity index (χ0) is 23.2. The van der Waals surface area contributed by atoms with E-state index < -0.39 is 39.6 Å². The number of rotatable bonds is 4. The van der Waals surface area contributed by atoms with Gasteiger partial charge in [0.05, 0.1) is 22.3 Å². The van der Waals surface area contributed by atoms with E-state index in [2.05, 4.69) is 10.6 Å². The number of fused-ring (bicyclic) bond motifs is 1. The van der Waals surface area contributed by atoms with E-state index in [9.17, 15) is 18.0 Å². The third-order valence-corrected chi connectivity index (χ3v) is 9.45. The molecule has 1 aliphatic carbocycles. The Morgan fingerprint density at radius 1 is 1.25 bits per heavy atom. The Morgan fingerprint density at radius 2 is 1.94 bits per heavy atom. The average Bonchev–Trinajstić information content (AvgIpc) is 3.05. The Hall–Kier alpha value is -1.75. The highest BCUT2D eigenvalue weighted by atomic mass is 35.5. The second-order valence-corrected chi connectivity index (χ2v) is 11.6. The number of hydrogen-bond donors (Lipinski definition) is 3. The van der Waals surface area contributed by atoms with E-state index in [-0.39, 0.29) is 35.4 Å². The van der Waals surface area contributed by atoms with Crippen molar-refractivity contribution in [1.82, 2.24) is 9.62 Å². The van der Waals surface area contributed by atoms with E-state index in [1.807, 2.05) is 0 Å². The van der Waals surface area contributed by atoms with Gasteiger partial charge in [0, 0.05) is 30.2 Å². The van der Waals surface area contributed by atoms with Crippen LogP contribution in [0.3, 0.4) is 0 Å². The summed E-state index contributed by atoms with van der Waals surface area (Å²) >= 11 is 6.22. The predicted molar refractivity (Wildman–Crippen MR) is 120 cm³/mol. The van der Waals surface area contributed by atoms with Crippen molar-refractivity contribution in [2.45, 2.75) is 81.5 Å². The van der Waals surface area contributed by atoms with Crippen LogP contribution in [0.2, 0.25) is 5.02 Å². The van der Waals surface area contributed by atoms with Gasteiger partial charge >= 0.3 is 0 Å². The monoisotopic (exact) mass is 486 g/mol. The van der Waals surface area contributed by atoms with Crippen LogP contribution < -0.4 is 16.4 Å². The molecule has 176 valence electrons. The molecule has 0 spiro atoms. The Labute approximate surface area is 192 Å². The lowest BCUT2D eigenvalue weighted by Crippen LogP contribution is -2.56. The second-order valence-electron chi connectivity index (χ2n) is 9.05. The molecule has 0 bridgehead atoms. The summed E-state index contributed by atoms with van der Waals surface area (Å²) in [5.74, 6) is -0.643. The quantitative estimate of drug-likeness (QED) is 0.564. The molecule has 4 N–H and O–H groups in total. The molecule has 1 aromatic rings. The molecular weight excluding hydrogens is 459 g/mol. The van der Waals surface area contributed by atoms with E-state index in [1.165, 1.54) is 6.07 Å². The summed E-state index contributed by atoms with van der Waals surface area (Å²) < 4.78 is 42.3. The molecule has 1 saturated carbocycles. The van der Waals surface area contributed by atoms with Gasteiger partial charge in [-0.2, -0.15) is 4.31 Å². The number of nitrogens with two attached hydrogens (primary N) is 1. The highest BCUT2D eigenvalue weighted by Gasteiger charge is 2.45. The number of carbonyl (C=O) groups is 2. The molecule has 0 radical (unpaired) electrons. The average molecular weight is 487 g/mol. The molecule has 4 rings (SSSR count). The van der Waals surface area contributed by atoms with Crippen LogP contribution in [0.4, 0.5) is 10.1 Å². The van der Waals surface area contributed by atoms with Crippen molar-refractivity contribution in [3.63, 3.8) is 0 Å². The fraction of sp³-hybridized carbons (Fsp3) is 0.619. The van der Waals surface area contributed by atoms with Gasteiger partial charge in [-0.25, -0.2) is 12.8 Å². The van der Waals surface area contributed by atoms with Gasteiger partial charge in [0.1, 0.15) is 0 Å². The number of nitrogens with one attached hydrogen (secondary N) is 2. The number of anilines is 1. The van der Waals surface area contributed by atoms with Crippen molar-refractivity contribution < 1.29 is 22.4 Å². The van der Waals surface area contributed by atoms with Crippen molar-refractivity contribution in [2.24, 2.45) is 5.73 Å². The van der Waals surface area contributed by atoms with E-state index in [0.717, 1.165) is 4.31 Å². The lowest BCUT2D eigenvalue weighted by Gasteiger charge is -2.41. The summed E-state index contributed by atoms with van der Waals surface area (Å²) in [6, 6.07) is 1.96. The minimum atomic E-state index is -3.80. The smallest absolute Gasteiger partial charge is 0.253 e. The number of nitrogens with zero attached hydrogens (tertiary/aromatic N) is 1. The third-order valence-electron chi connectivity index (χ3n) is 6.65. The van der Waals surface area contributed by atoms with Crippen molar-refractivity contribution in [1.29, 1.82) is 0 Å². The number of benzene rings is 1. The first-order valence-corrected chi connectivity index (χ1v) is 12.8. The van der Waals surface area contributed by atoms with Crippen molar-refractivity contribution >= 4 is 39.1 Å². The van der Waals surface area contributed by atoms with Gasteiger partial charge in [0.25, 0.3) is 5.91 Å². The number of alkyl halides is 1. The molecule has 1 aromatic carbocycles. The van der Waals surface area contributed by atoms with Crippen molar-refractivity contribution in [3.8, 4) is 0 Å². The van der Waals surface area contributed by atoms with Crippen LogP contribution in [0.15, 0.2) is 12.1 Å². The maximum Gasteiger partial charge on any atom is 0.253 e. The summed E-state index contributed by atoms with van der Waals surface area (Å²) in [6.45, 7) is 1.66. The largest absolute Gasteiger partial charge is 0.349 e. The summed E-state index contributed by atoms with van der Waals surface area (Å²) in [7, 11) is -3.80. The molecule has 3 atom stereocenters. The highest BCUT2D eigenvalue weighted by molar-refractivity contribution is 7.89. The molecule has 0 unspecified atom stereocenters. The first-order chi connectivity index (χ1) is 15.1. The number of halogens is 2. The number of amides is 2. The van der Waals surface area contributed by atoms with Gasteiger partial charge in [0.15, 0.2) is 6.30 Å². The van der Waals surface area contributed by atoms with Gasteiger partial charge in [-0.1, -0.05) is 11.6 Å². The Morgan fingerprint density at radius 3 is 2.59 bits per heavy atom. The molecule has 2 aliphatic heterocycles. The minimum Gasteiger partial charge on any atom is -0.349 e. The molecule has 11 heteroatoms. The lowest BCUT2D eigenvalue weighted by atomic mass is 9.96. The molecule has 8 nitrogen and oxygen atoms in total. The fourth-order valence-corrected chi connectivity index (χ4v) is 7.45. The second kappa shape index (κ2) is 8.89. The van der Waals surface area contributed by atoms with E-state index in [1.54, 1.807) is 13.0 Å². The predicted octanol–water partition coefficient (Wildman–Crippen LogP) is 2.31. The Kier molecular flexibility index (Phi) is 6.50. The zero-order valence-electron chi connectivity index (χ0n) is 17.8. The van der Waals surface area contributed by atoms with Crippen molar-refractivity contribution in [3.05, 3.63) is 28.3 Å². The molecule has 2 fully saturated rings. The summed E-state index contributed by atoms with van der Waals surface area (Å²) in [5, 5.41) is 5.03. The van der Waals surface area contributed by atoms with Gasteiger partial charge < -0.3 is 16.4 Å². The topological polar surface area (TPSA) is 122 Å². The maximum absolute atomic E-state index is 15.1. The first kappa shape index (κ1) is 23.4. The molecule has 32 heavy (non-hydrogen) atoms. The Balaban J connectivity index is 1.43. The third kappa shape index (κ3) is 4.50. The minimum absolute atomic E-state index is 0.000869. The first-order valence-electron chi connectivity index (χ1n) is 10.9. The van der Waals surface area contributed by atoms with Crippen LogP contribution >= 0.6 is 11.6 Å². The molecule has 1 saturated heterocycles. The van der Waals surface area contributed by atoms with Crippen LogP contribution in [0, 0.1) is 0 Å². The van der Waals surface area contributed by atoms with E-state index >= 15 is 4.39 Å². The summed E-state index contributed by atoms with van der Waals surface area (Å²) in [6.07, 6.45) is 0.710. The van der Waals surface area contributed by atoms with Gasteiger partial charge in [0.2, 0.25) is 15.9 Å². The van der Waals surface area contributed by atoms with Gasteiger partial charge in [-0.15, -0.1) is 0 Å². The van der Waals surface area contributed by atoms with Crippen LogP contribution in [0.25, 0.3) is 0 Å². The standard InChI is InChI=1S/C21H28ClFN4O4S/c1-11-6-14(9-19(23)27(11)32(30,31)15-4-2-13(24)3-5-15)25-21(29)16-7-12-8-20(28)26-18(12)10-17(16)22/h7,10-11,13-15,19H,2-6,8-9,24H2,1H3,(H,25,29)(H,26,28)/t11-,13-,14+,15-,19-/m0/s1. The summed E-state index contributed by atoms with van der Waals surface area (Å²) in [4.78, 5) is 24.4. The van der Waals surface area contributed by atoms with Crippen LogP contribution in [-0.4, -0.2) is 54.2 Å². The van der Waals surface area contributed by atoms with Crippen LogP contribution in [0.5, 0.6) is 0 Å². The maximum atomic E-state index is 15.1. The van der Waals surface area contributed by atoms with E-state index in [4.69, 9.17) is 17.3 Å². The Bertz CT molecular complexity index is 1020. The number of sulfonamides is 1. The van der Waals surface area contributed by atoms with Gasteiger partial charge in [-0.3, -0.25) is 9.59 Å². The lowest BCUT2D eigenvalue weighted by molar-refractivity contribution is -0.115. The SMILES string of the molecule is C[C@H]1C[C@@H](NC(=O)c2cc3c(cc2Cl)NC(=O)C3)C[C@@H](F)N1S(=O)(=O)[C@H]1CC[C@H](N)CC1. The van der Waals surface area contributed by atoms with Gasteiger partial charge in [-0.05, 0) is 56.7 Å². The van der Waals surface area contributed by atoms with Crippen molar-refractivity contribution in [2.75, 3.05) is 5.32 Å². The molecule has 2 heterocycles. The molecule has 0 aromatic heterocycles. The summed E-state index contributed by atoms with van der Waals surface area (Å²) in [5.41, 5.74) is 7.34.